The van der Waals surface area contributed by atoms with Gasteiger partial charge in [-0.25, -0.2) is 4.79 Å². The quantitative estimate of drug-likeness (QED) is 0.687. The molecule has 4 nitrogen and oxygen atoms in total. The topological polar surface area (TPSA) is 47.6 Å². The number of benzene rings is 1. The molecule has 5 atom stereocenters. The average Bonchev–Trinajstić information content (AvgIpc) is 2.67. The lowest BCUT2D eigenvalue weighted by Crippen LogP contribution is -2.42. The zero-order valence-corrected chi connectivity index (χ0v) is 17.3. The molecule has 0 unspecified atom stereocenters. The van der Waals surface area contributed by atoms with Gasteiger partial charge in [0.05, 0.1) is 12.7 Å². The second-order valence-corrected chi connectivity index (χ2v) is 9.01. The van der Waals surface area contributed by atoms with E-state index >= 15 is 0 Å². The summed E-state index contributed by atoms with van der Waals surface area (Å²) in [7, 11) is 0. The largest absolute Gasteiger partial charge is 0.412 e. The van der Waals surface area contributed by atoms with Crippen molar-refractivity contribution in [1.82, 2.24) is 5.32 Å². The van der Waals surface area contributed by atoms with Crippen molar-refractivity contribution in [3.63, 3.8) is 0 Å². The maximum absolute atomic E-state index is 12.2. The van der Waals surface area contributed by atoms with Crippen molar-refractivity contribution < 1.29 is 14.3 Å². The number of fused-ring (bicyclic) bond motifs is 2. The molecule has 1 N–H and O–H groups in total. The van der Waals surface area contributed by atoms with Crippen LogP contribution in [0.2, 0.25) is 0 Å². The molecule has 1 saturated carbocycles. The Balaban J connectivity index is 1.40. The summed E-state index contributed by atoms with van der Waals surface area (Å²) >= 11 is 0. The smallest absolute Gasteiger partial charge is 0.410 e. The number of nitrogens with one attached hydrogen (secondary N) is 1. The summed E-state index contributed by atoms with van der Waals surface area (Å²) in [5.74, 6) is 2.83. The average molecular weight is 384 g/mol. The highest BCUT2D eigenvalue weighted by Crippen LogP contribution is 2.49. The van der Waals surface area contributed by atoms with E-state index in [4.69, 9.17) is 9.47 Å². The fraction of sp³-hybridized carbons (Fsp3) is 0.625. The Bertz CT molecular complexity index is 720. The summed E-state index contributed by atoms with van der Waals surface area (Å²) in [5.41, 5.74) is 2.60. The van der Waals surface area contributed by atoms with E-state index in [9.17, 15) is 4.79 Å². The van der Waals surface area contributed by atoms with E-state index < -0.39 is 0 Å². The van der Waals surface area contributed by atoms with Gasteiger partial charge in [0.2, 0.25) is 0 Å². The number of rotatable bonds is 3. The fourth-order valence-corrected chi connectivity index (χ4v) is 5.52. The van der Waals surface area contributed by atoms with Crippen molar-refractivity contribution in [3.8, 4) is 5.75 Å². The number of ether oxygens (including phenoxy) is 2. The third-order valence-electron chi connectivity index (χ3n) is 7.11. The minimum absolute atomic E-state index is 0.0834. The standard InChI is InChI=1S/C24H33NO3/c1-15-13-16(2)22-17(3)21(15)14-27-23(22)18-9-11-20(12-10-18)28-24(26)25-19-7-5-4-6-8-19/h9-13,15,17,19,21-23H,4-8,14H2,1-3H3,(H,25,26)/t15-,17-,21+,22-,23+/m0/s1. The van der Waals surface area contributed by atoms with Crippen LogP contribution in [0.3, 0.4) is 0 Å². The highest BCUT2D eigenvalue weighted by atomic mass is 16.6. The molecule has 4 heteroatoms. The number of hydrogen-bond donors (Lipinski definition) is 1. The summed E-state index contributed by atoms with van der Waals surface area (Å²) in [5, 5.41) is 3.00. The molecule has 3 aliphatic rings. The SMILES string of the molecule is CC1=C[C@H](C)[C@H]2CO[C@H](c3ccc(OC(=O)NC4CCCCC4)cc3)[C@@H]1[C@H]2C. The van der Waals surface area contributed by atoms with Gasteiger partial charge < -0.3 is 14.8 Å². The van der Waals surface area contributed by atoms with Gasteiger partial charge in [-0.2, -0.15) is 0 Å². The van der Waals surface area contributed by atoms with Gasteiger partial charge in [0.15, 0.2) is 0 Å². The molecule has 0 aromatic heterocycles. The molecule has 1 amide bonds. The molecular weight excluding hydrogens is 350 g/mol. The molecule has 28 heavy (non-hydrogen) atoms. The molecule has 152 valence electrons. The summed E-state index contributed by atoms with van der Waals surface area (Å²) < 4.78 is 11.8. The molecule has 1 saturated heterocycles. The second kappa shape index (κ2) is 8.28. The van der Waals surface area contributed by atoms with E-state index in [1.807, 2.05) is 24.3 Å². The fourth-order valence-electron chi connectivity index (χ4n) is 5.52. The third-order valence-corrected chi connectivity index (χ3v) is 7.11. The number of hydrogen-bond acceptors (Lipinski definition) is 3. The number of amides is 1. The molecule has 1 aliphatic heterocycles. The Morgan fingerprint density at radius 2 is 1.82 bits per heavy atom. The summed E-state index contributed by atoms with van der Waals surface area (Å²) in [6.45, 7) is 7.72. The van der Waals surface area contributed by atoms with Crippen LogP contribution in [-0.4, -0.2) is 18.7 Å². The summed E-state index contributed by atoms with van der Waals surface area (Å²) in [6, 6.07) is 8.13. The summed E-state index contributed by atoms with van der Waals surface area (Å²) in [4.78, 5) is 12.2. The molecule has 1 aromatic carbocycles. The lowest BCUT2D eigenvalue weighted by Gasteiger charge is -2.47. The molecule has 0 spiro atoms. The Labute approximate surface area is 168 Å². The molecular formula is C24H33NO3. The minimum atomic E-state index is -0.343. The van der Waals surface area contributed by atoms with Crippen molar-refractivity contribution in [2.75, 3.05) is 6.61 Å². The van der Waals surface area contributed by atoms with Gasteiger partial charge in [-0.1, -0.05) is 56.9 Å². The van der Waals surface area contributed by atoms with Gasteiger partial charge in [-0.05, 0) is 55.2 Å². The first-order chi connectivity index (χ1) is 13.5. The van der Waals surface area contributed by atoms with E-state index in [0.717, 1.165) is 25.0 Å². The van der Waals surface area contributed by atoms with Gasteiger partial charge in [-0.15, -0.1) is 0 Å². The third kappa shape index (κ3) is 3.98. The van der Waals surface area contributed by atoms with Crippen LogP contribution < -0.4 is 10.1 Å². The van der Waals surface area contributed by atoms with Gasteiger partial charge in [0, 0.05) is 12.0 Å². The first-order valence-electron chi connectivity index (χ1n) is 10.9. The Morgan fingerprint density at radius 1 is 1.11 bits per heavy atom. The Hall–Kier alpha value is -1.81. The van der Waals surface area contributed by atoms with Crippen LogP contribution in [0.25, 0.3) is 0 Å². The number of allylic oxidation sites excluding steroid dienone is 1. The first kappa shape index (κ1) is 19.5. The zero-order valence-electron chi connectivity index (χ0n) is 17.3. The normalized spacial score (nSPS) is 33.1. The molecule has 2 aliphatic carbocycles. The van der Waals surface area contributed by atoms with E-state index in [1.165, 1.54) is 24.8 Å². The van der Waals surface area contributed by atoms with Crippen LogP contribution >= 0.6 is 0 Å². The van der Waals surface area contributed by atoms with E-state index in [0.29, 0.717) is 29.4 Å². The van der Waals surface area contributed by atoms with Crippen molar-refractivity contribution in [2.24, 2.45) is 23.7 Å². The van der Waals surface area contributed by atoms with Gasteiger partial charge >= 0.3 is 6.09 Å². The van der Waals surface area contributed by atoms with Crippen molar-refractivity contribution in [3.05, 3.63) is 41.5 Å². The minimum Gasteiger partial charge on any atom is -0.410 e. The predicted octanol–water partition coefficient (Wildman–Crippen LogP) is 5.64. The lowest BCUT2D eigenvalue weighted by molar-refractivity contribution is -0.0934. The molecule has 1 aromatic rings. The predicted molar refractivity (Wildman–Crippen MR) is 110 cm³/mol. The summed E-state index contributed by atoms with van der Waals surface area (Å²) in [6.07, 6.45) is 7.93. The second-order valence-electron chi connectivity index (χ2n) is 9.01. The Kier molecular flexibility index (Phi) is 5.77. The molecule has 4 rings (SSSR count). The van der Waals surface area contributed by atoms with Crippen LogP contribution in [0.4, 0.5) is 4.79 Å². The number of carbonyl (C=O) groups is 1. The van der Waals surface area contributed by atoms with Crippen LogP contribution in [0.1, 0.15) is 64.5 Å². The van der Waals surface area contributed by atoms with Crippen molar-refractivity contribution >= 4 is 6.09 Å². The number of carbonyl (C=O) groups excluding carboxylic acids is 1. The van der Waals surface area contributed by atoms with Crippen LogP contribution in [-0.2, 0) is 4.74 Å². The molecule has 2 fully saturated rings. The van der Waals surface area contributed by atoms with Gasteiger partial charge in [0.1, 0.15) is 5.75 Å². The highest BCUT2D eigenvalue weighted by Gasteiger charge is 2.43. The first-order valence-corrected chi connectivity index (χ1v) is 10.9. The van der Waals surface area contributed by atoms with Gasteiger partial charge in [-0.3, -0.25) is 0 Å². The van der Waals surface area contributed by atoms with Crippen LogP contribution in [0, 0.1) is 23.7 Å². The monoisotopic (exact) mass is 383 g/mol. The maximum Gasteiger partial charge on any atom is 0.412 e. The van der Waals surface area contributed by atoms with Crippen molar-refractivity contribution in [1.29, 1.82) is 0 Å². The van der Waals surface area contributed by atoms with E-state index in [2.05, 4.69) is 32.2 Å². The lowest BCUT2D eigenvalue weighted by atomic mass is 9.64. The van der Waals surface area contributed by atoms with Crippen LogP contribution in [0.15, 0.2) is 35.9 Å². The molecule has 2 bridgehead atoms. The van der Waals surface area contributed by atoms with Gasteiger partial charge in [0.25, 0.3) is 0 Å². The van der Waals surface area contributed by atoms with E-state index in [1.54, 1.807) is 0 Å². The Morgan fingerprint density at radius 3 is 2.54 bits per heavy atom. The molecule has 0 radical (unpaired) electrons. The maximum atomic E-state index is 12.2. The van der Waals surface area contributed by atoms with Crippen LogP contribution in [0.5, 0.6) is 5.75 Å². The molecule has 1 heterocycles. The van der Waals surface area contributed by atoms with Crippen molar-refractivity contribution in [2.45, 2.75) is 65.0 Å². The van der Waals surface area contributed by atoms with E-state index in [-0.39, 0.29) is 18.2 Å². The highest BCUT2D eigenvalue weighted by molar-refractivity contribution is 5.70. The zero-order chi connectivity index (χ0) is 19.7.